The van der Waals surface area contributed by atoms with Crippen LogP contribution in [0.5, 0.6) is 0 Å². The van der Waals surface area contributed by atoms with E-state index in [1.807, 2.05) is 0 Å². The van der Waals surface area contributed by atoms with Crippen molar-refractivity contribution in [3.8, 4) is 0 Å². The van der Waals surface area contributed by atoms with Gasteiger partial charge in [0.25, 0.3) is 0 Å². The number of hydrogen-bond acceptors (Lipinski definition) is 3. The molecule has 4 nitrogen and oxygen atoms in total. The van der Waals surface area contributed by atoms with Gasteiger partial charge in [0.2, 0.25) is 0 Å². The van der Waals surface area contributed by atoms with Crippen LogP contribution >= 0.6 is 0 Å². The lowest BCUT2D eigenvalue weighted by Crippen LogP contribution is -2.43. The maximum Gasteiger partial charge on any atom is 0.309 e. The highest BCUT2D eigenvalue weighted by molar-refractivity contribution is 5.74. The minimum atomic E-state index is -0.607. The summed E-state index contributed by atoms with van der Waals surface area (Å²) in [6, 6.07) is 0.671. The third-order valence-corrected chi connectivity index (χ3v) is 4.74. The summed E-state index contributed by atoms with van der Waals surface area (Å²) in [6.45, 7) is 1.11. The highest BCUT2D eigenvalue weighted by Crippen LogP contribution is 2.42. The molecule has 0 aromatic heterocycles. The highest BCUT2D eigenvalue weighted by Gasteiger charge is 2.44. The molecule has 98 valence electrons. The van der Waals surface area contributed by atoms with Crippen molar-refractivity contribution >= 4 is 5.97 Å². The Morgan fingerprint density at radius 2 is 2.06 bits per heavy atom. The van der Waals surface area contributed by atoms with Crippen molar-refractivity contribution in [1.29, 1.82) is 0 Å². The number of aliphatic carboxylic acids is 1. The average Bonchev–Trinajstić information content (AvgIpc) is 2.68. The van der Waals surface area contributed by atoms with E-state index >= 15 is 0 Å². The Balaban J connectivity index is 2.04. The van der Waals surface area contributed by atoms with Crippen LogP contribution in [0.4, 0.5) is 0 Å². The van der Waals surface area contributed by atoms with Crippen LogP contribution in [-0.2, 0) is 4.79 Å². The van der Waals surface area contributed by atoms with Crippen LogP contribution in [0.15, 0.2) is 0 Å². The van der Waals surface area contributed by atoms with Crippen LogP contribution in [0, 0.1) is 5.41 Å². The van der Waals surface area contributed by atoms with Crippen molar-refractivity contribution in [3.05, 3.63) is 0 Å². The van der Waals surface area contributed by atoms with Gasteiger partial charge >= 0.3 is 5.97 Å². The van der Waals surface area contributed by atoms with Crippen LogP contribution < -0.4 is 5.73 Å². The van der Waals surface area contributed by atoms with E-state index in [2.05, 4.69) is 11.9 Å². The standard InChI is InChI=1S/C13H24N2O2/c1-15-8-2-3-11(15)9-13(12(16)17)6-4-10(14)5-7-13/h10-11H,2-9,14H2,1H3,(H,16,17). The van der Waals surface area contributed by atoms with E-state index in [-0.39, 0.29) is 6.04 Å². The monoisotopic (exact) mass is 240 g/mol. The Hall–Kier alpha value is -0.610. The summed E-state index contributed by atoms with van der Waals surface area (Å²) in [5.41, 5.74) is 5.39. The van der Waals surface area contributed by atoms with Crippen molar-refractivity contribution in [1.82, 2.24) is 4.90 Å². The zero-order valence-electron chi connectivity index (χ0n) is 10.7. The molecule has 1 saturated carbocycles. The SMILES string of the molecule is CN1CCCC1CC1(C(=O)O)CCC(N)CC1. The number of rotatable bonds is 3. The molecule has 1 aliphatic carbocycles. The normalized spacial score (nSPS) is 39.4. The minimum Gasteiger partial charge on any atom is -0.481 e. The summed E-state index contributed by atoms with van der Waals surface area (Å²) in [6.07, 6.45) is 6.41. The maximum atomic E-state index is 11.6. The van der Waals surface area contributed by atoms with E-state index in [0.29, 0.717) is 6.04 Å². The van der Waals surface area contributed by atoms with Crippen molar-refractivity contribution in [2.24, 2.45) is 11.1 Å². The van der Waals surface area contributed by atoms with E-state index in [9.17, 15) is 9.90 Å². The number of carbonyl (C=O) groups is 1. The van der Waals surface area contributed by atoms with Gasteiger partial charge in [0.05, 0.1) is 5.41 Å². The Kier molecular flexibility index (Phi) is 3.73. The lowest BCUT2D eigenvalue weighted by Gasteiger charge is -2.38. The van der Waals surface area contributed by atoms with E-state index in [1.54, 1.807) is 0 Å². The zero-order valence-corrected chi connectivity index (χ0v) is 10.7. The van der Waals surface area contributed by atoms with Crippen LogP contribution in [0.2, 0.25) is 0 Å². The number of hydrogen-bond donors (Lipinski definition) is 2. The van der Waals surface area contributed by atoms with Gasteiger partial charge in [0.15, 0.2) is 0 Å². The number of nitrogens with two attached hydrogens (primary N) is 1. The fourth-order valence-electron chi connectivity index (χ4n) is 3.39. The predicted octanol–water partition coefficient (Wildman–Crippen LogP) is 1.44. The number of carboxylic acid groups (broad SMARTS) is 1. The van der Waals surface area contributed by atoms with E-state index in [0.717, 1.165) is 45.1 Å². The smallest absolute Gasteiger partial charge is 0.309 e. The molecular formula is C13H24N2O2. The van der Waals surface area contributed by atoms with E-state index < -0.39 is 11.4 Å². The van der Waals surface area contributed by atoms with Gasteiger partial charge in [0.1, 0.15) is 0 Å². The fraction of sp³-hybridized carbons (Fsp3) is 0.923. The van der Waals surface area contributed by atoms with Crippen LogP contribution in [0.1, 0.15) is 44.9 Å². The van der Waals surface area contributed by atoms with Crippen LogP contribution in [0.3, 0.4) is 0 Å². The van der Waals surface area contributed by atoms with Crippen LogP contribution in [-0.4, -0.2) is 41.7 Å². The lowest BCUT2D eigenvalue weighted by atomic mass is 9.69. The minimum absolute atomic E-state index is 0.212. The molecule has 0 bridgehead atoms. The number of likely N-dealkylation sites (tertiary alicyclic amines) is 1. The summed E-state index contributed by atoms with van der Waals surface area (Å²) >= 11 is 0. The molecule has 1 atom stereocenters. The number of carboxylic acids is 1. The molecule has 1 saturated heterocycles. The molecule has 4 heteroatoms. The predicted molar refractivity (Wildman–Crippen MR) is 66.8 cm³/mol. The Morgan fingerprint density at radius 3 is 2.53 bits per heavy atom. The molecule has 2 aliphatic rings. The first kappa shape index (κ1) is 12.8. The van der Waals surface area contributed by atoms with Gasteiger partial charge < -0.3 is 15.7 Å². The molecule has 0 amide bonds. The summed E-state index contributed by atoms with van der Waals surface area (Å²) < 4.78 is 0. The third-order valence-electron chi connectivity index (χ3n) is 4.74. The Labute approximate surface area is 103 Å². The summed E-state index contributed by atoms with van der Waals surface area (Å²) in [5.74, 6) is -0.607. The molecule has 0 spiro atoms. The zero-order chi connectivity index (χ0) is 12.5. The van der Waals surface area contributed by atoms with Gasteiger partial charge in [-0.3, -0.25) is 4.79 Å². The van der Waals surface area contributed by atoms with Crippen molar-refractivity contribution in [2.75, 3.05) is 13.6 Å². The van der Waals surface area contributed by atoms with Gasteiger partial charge in [0, 0.05) is 12.1 Å². The van der Waals surface area contributed by atoms with Gasteiger partial charge in [-0.15, -0.1) is 0 Å². The number of nitrogens with zero attached hydrogens (tertiary/aromatic N) is 1. The second-order valence-electron chi connectivity index (χ2n) is 5.90. The Morgan fingerprint density at radius 1 is 1.41 bits per heavy atom. The summed E-state index contributed by atoms with van der Waals surface area (Å²) in [7, 11) is 2.11. The molecule has 2 rings (SSSR count). The largest absolute Gasteiger partial charge is 0.481 e. The third kappa shape index (κ3) is 2.63. The van der Waals surface area contributed by atoms with Gasteiger partial charge in [-0.25, -0.2) is 0 Å². The molecule has 3 N–H and O–H groups in total. The van der Waals surface area contributed by atoms with Gasteiger partial charge in [-0.2, -0.15) is 0 Å². The molecule has 17 heavy (non-hydrogen) atoms. The quantitative estimate of drug-likeness (QED) is 0.783. The summed E-state index contributed by atoms with van der Waals surface area (Å²) in [5, 5.41) is 9.56. The van der Waals surface area contributed by atoms with E-state index in [1.165, 1.54) is 6.42 Å². The first-order valence-electron chi connectivity index (χ1n) is 6.73. The topological polar surface area (TPSA) is 66.6 Å². The molecule has 0 aromatic rings. The molecule has 1 unspecified atom stereocenters. The fourth-order valence-corrected chi connectivity index (χ4v) is 3.39. The first-order valence-corrected chi connectivity index (χ1v) is 6.73. The van der Waals surface area contributed by atoms with Gasteiger partial charge in [-0.05, 0) is 58.5 Å². The molecule has 1 aliphatic heterocycles. The molecule has 0 radical (unpaired) electrons. The first-order chi connectivity index (χ1) is 8.03. The molecule has 0 aromatic carbocycles. The second kappa shape index (κ2) is 4.94. The second-order valence-corrected chi connectivity index (χ2v) is 5.90. The van der Waals surface area contributed by atoms with Crippen molar-refractivity contribution < 1.29 is 9.90 Å². The van der Waals surface area contributed by atoms with E-state index in [4.69, 9.17) is 5.73 Å². The van der Waals surface area contributed by atoms with Crippen molar-refractivity contribution in [2.45, 2.75) is 57.0 Å². The maximum absolute atomic E-state index is 11.6. The molecule has 2 fully saturated rings. The average molecular weight is 240 g/mol. The lowest BCUT2D eigenvalue weighted by molar-refractivity contribution is -0.152. The summed E-state index contributed by atoms with van der Waals surface area (Å²) in [4.78, 5) is 13.9. The molecular weight excluding hydrogens is 216 g/mol. The van der Waals surface area contributed by atoms with Crippen LogP contribution in [0.25, 0.3) is 0 Å². The highest BCUT2D eigenvalue weighted by atomic mass is 16.4. The Bertz CT molecular complexity index is 285. The van der Waals surface area contributed by atoms with Gasteiger partial charge in [-0.1, -0.05) is 0 Å². The van der Waals surface area contributed by atoms with Crippen molar-refractivity contribution in [3.63, 3.8) is 0 Å². The molecule has 1 heterocycles.